The molecule has 0 aromatic rings. The highest BCUT2D eigenvalue weighted by Crippen LogP contribution is 2.30. The SMILES string of the molecule is CCNC1CCN(C(C)C2CCOC2)C(C)C1C. The first-order valence-corrected chi connectivity index (χ1v) is 7.72. The van der Waals surface area contributed by atoms with Gasteiger partial charge in [-0.3, -0.25) is 4.90 Å². The van der Waals surface area contributed by atoms with Crippen molar-refractivity contribution in [1.82, 2.24) is 10.2 Å². The van der Waals surface area contributed by atoms with Crippen molar-refractivity contribution in [2.75, 3.05) is 26.3 Å². The number of likely N-dealkylation sites (tertiary alicyclic amines) is 1. The largest absolute Gasteiger partial charge is 0.381 e. The molecule has 2 aliphatic heterocycles. The van der Waals surface area contributed by atoms with E-state index in [-0.39, 0.29) is 0 Å². The molecule has 2 fully saturated rings. The highest BCUT2D eigenvalue weighted by Gasteiger charge is 2.37. The van der Waals surface area contributed by atoms with Gasteiger partial charge in [0.1, 0.15) is 0 Å². The van der Waals surface area contributed by atoms with Crippen molar-refractivity contribution >= 4 is 0 Å². The normalized spacial score (nSPS) is 40.0. The summed E-state index contributed by atoms with van der Waals surface area (Å²) in [6.07, 6.45) is 2.53. The van der Waals surface area contributed by atoms with Gasteiger partial charge in [-0.1, -0.05) is 13.8 Å². The third-order valence-corrected chi connectivity index (χ3v) is 5.25. The molecule has 0 aliphatic carbocycles. The van der Waals surface area contributed by atoms with E-state index < -0.39 is 0 Å². The Balaban J connectivity index is 1.94. The van der Waals surface area contributed by atoms with Crippen LogP contribution in [0.5, 0.6) is 0 Å². The summed E-state index contributed by atoms with van der Waals surface area (Å²) in [5, 5.41) is 3.64. The van der Waals surface area contributed by atoms with Crippen molar-refractivity contribution in [3.8, 4) is 0 Å². The molecule has 1 N–H and O–H groups in total. The van der Waals surface area contributed by atoms with Gasteiger partial charge in [0.15, 0.2) is 0 Å². The average Bonchev–Trinajstić information content (AvgIpc) is 2.88. The Morgan fingerprint density at radius 1 is 1.33 bits per heavy atom. The van der Waals surface area contributed by atoms with E-state index in [0.29, 0.717) is 18.1 Å². The number of rotatable bonds is 4. The Labute approximate surface area is 112 Å². The molecule has 2 heterocycles. The van der Waals surface area contributed by atoms with Gasteiger partial charge in [-0.05, 0) is 45.1 Å². The zero-order valence-electron chi connectivity index (χ0n) is 12.5. The van der Waals surface area contributed by atoms with Crippen molar-refractivity contribution in [3.63, 3.8) is 0 Å². The highest BCUT2D eigenvalue weighted by molar-refractivity contribution is 4.92. The van der Waals surface area contributed by atoms with Gasteiger partial charge in [0.05, 0.1) is 6.61 Å². The van der Waals surface area contributed by atoms with E-state index in [9.17, 15) is 0 Å². The lowest BCUT2D eigenvalue weighted by molar-refractivity contribution is 0.0278. The van der Waals surface area contributed by atoms with Gasteiger partial charge in [0, 0.05) is 31.3 Å². The van der Waals surface area contributed by atoms with Crippen LogP contribution in [0.15, 0.2) is 0 Å². The van der Waals surface area contributed by atoms with Crippen LogP contribution < -0.4 is 5.32 Å². The van der Waals surface area contributed by atoms with E-state index in [4.69, 9.17) is 4.74 Å². The monoisotopic (exact) mass is 254 g/mol. The Morgan fingerprint density at radius 2 is 2.11 bits per heavy atom. The van der Waals surface area contributed by atoms with Crippen LogP contribution in [-0.2, 0) is 4.74 Å². The molecule has 3 nitrogen and oxygen atoms in total. The minimum atomic E-state index is 0.674. The molecule has 106 valence electrons. The smallest absolute Gasteiger partial charge is 0.0509 e. The van der Waals surface area contributed by atoms with Crippen molar-refractivity contribution in [1.29, 1.82) is 0 Å². The molecule has 2 rings (SSSR count). The van der Waals surface area contributed by atoms with E-state index >= 15 is 0 Å². The van der Waals surface area contributed by atoms with Crippen LogP contribution in [-0.4, -0.2) is 49.3 Å². The van der Waals surface area contributed by atoms with Crippen LogP contribution in [0, 0.1) is 11.8 Å². The first kappa shape index (κ1) is 14.3. The van der Waals surface area contributed by atoms with E-state index in [1.54, 1.807) is 0 Å². The Bertz CT molecular complexity index is 253. The quantitative estimate of drug-likeness (QED) is 0.832. The van der Waals surface area contributed by atoms with Gasteiger partial charge < -0.3 is 10.1 Å². The maximum absolute atomic E-state index is 5.55. The van der Waals surface area contributed by atoms with Crippen molar-refractivity contribution in [2.45, 2.75) is 58.7 Å². The van der Waals surface area contributed by atoms with Gasteiger partial charge in [-0.15, -0.1) is 0 Å². The molecule has 0 amide bonds. The van der Waals surface area contributed by atoms with E-state index in [2.05, 4.69) is 37.9 Å². The summed E-state index contributed by atoms with van der Waals surface area (Å²) < 4.78 is 5.55. The molecule has 0 aromatic heterocycles. The number of piperidine rings is 1. The van der Waals surface area contributed by atoms with Crippen LogP contribution in [0.25, 0.3) is 0 Å². The van der Waals surface area contributed by atoms with E-state index in [1.165, 1.54) is 19.4 Å². The lowest BCUT2D eigenvalue weighted by Gasteiger charge is -2.47. The topological polar surface area (TPSA) is 24.5 Å². The fraction of sp³-hybridized carbons (Fsp3) is 1.00. The Hall–Kier alpha value is -0.120. The number of hydrogen-bond donors (Lipinski definition) is 1. The lowest BCUT2D eigenvalue weighted by Crippen LogP contribution is -2.57. The van der Waals surface area contributed by atoms with Gasteiger partial charge in [0.25, 0.3) is 0 Å². The van der Waals surface area contributed by atoms with Crippen LogP contribution in [0.3, 0.4) is 0 Å². The van der Waals surface area contributed by atoms with Crippen molar-refractivity contribution < 1.29 is 4.74 Å². The number of hydrogen-bond acceptors (Lipinski definition) is 3. The third kappa shape index (κ3) is 2.89. The number of ether oxygens (including phenoxy) is 1. The summed E-state index contributed by atoms with van der Waals surface area (Å²) in [6.45, 7) is 13.7. The molecular weight excluding hydrogens is 224 g/mol. The second-order valence-corrected chi connectivity index (χ2v) is 6.15. The molecule has 0 aromatic carbocycles. The zero-order chi connectivity index (χ0) is 13.1. The summed E-state index contributed by atoms with van der Waals surface area (Å²) in [6, 6.07) is 2.05. The minimum Gasteiger partial charge on any atom is -0.381 e. The second kappa shape index (κ2) is 6.36. The summed E-state index contributed by atoms with van der Waals surface area (Å²) in [7, 11) is 0. The number of nitrogens with zero attached hydrogens (tertiary/aromatic N) is 1. The standard InChI is InChI=1S/C15H30N2O/c1-5-16-15-6-8-17(12(3)11(15)2)13(4)14-7-9-18-10-14/h11-16H,5-10H2,1-4H3. The first-order chi connectivity index (χ1) is 8.65. The van der Waals surface area contributed by atoms with Crippen molar-refractivity contribution in [2.24, 2.45) is 11.8 Å². The molecule has 3 heteroatoms. The van der Waals surface area contributed by atoms with Crippen LogP contribution in [0.1, 0.15) is 40.5 Å². The van der Waals surface area contributed by atoms with Crippen molar-refractivity contribution in [3.05, 3.63) is 0 Å². The molecule has 0 spiro atoms. The average molecular weight is 254 g/mol. The summed E-state index contributed by atoms with van der Waals surface area (Å²) in [5.41, 5.74) is 0. The molecule has 5 atom stereocenters. The number of nitrogens with one attached hydrogen (secondary N) is 1. The Kier molecular flexibility index (Phi) is 5.05. The van der Waals surface area contributed by atoms with E-state index in [0.717, 1.165) is 31.6 Å². The zero-order valence-corrected chi connectivity index (χ0v) is 12.5. The second-order valence-electron chi connectivity index (χ2n) is 6.15. The fourth-order valence-electron chi connectivity index (χ4n) is 3.72. The molecule has 0 radical (unpaired) electrons. The fourth-order valence-corrected chi connectivity index (χ4v) is 3.72. The first-order valence-electron chi connectivity index (χ1n) is 7.72. The predicted octanol–water partition coefficient (Wildman–Crippen LogP) is 2.12. The van der Waals surface area contributed by atoms with E-state index in [1.807, 2.05) is 0 Å². The molecule has 5 unspecified atom stereocenters. The molecule has 0 saturated carbocycles. The van der Waals surface area contributed by atoms with Gasteiger partial charge in [-0.25, -0.2) is 0 Å². The minimum absolute atomic E-state index is 0.674. The molecular formula is C15H30N2O. The van der Waals surface area contributed by atoms with Crippen LogP contribution >= 0.6 is 0 Å². The molecule has 2 saturated heterocycles. The highest BCUT2D eigenvalue weighted by atomic mass is 16.5. The molecule has 0 bridgehead atoms. The van der Waals surface area contributed by atoms with Crippen LogP contribution in [0.2, 0.25) is 0 Å². The summed E-state index contributed by atoms with van der Waals surface area (Å²) in [4.78, 5) is 2.72. The Morgan fingerprint density at radius 3 is 2.72 bits per heavy atom. The lowest BCUT2D eigenvalue weighted by atomic mass is 9.84. The summed E-state index contributed by atoms with van der Waals surface area (Å²) in [5.74, 6) is 1.49. The van der Waals surface area contributed by atoms with Gasteiger partial charge >= 0.3 is 0 Å². The molecule has 18 heavy (non-hydrogen) atoms. The maximum atomic E-state index is 5.55. The van der Waals surface area contributed by atoms with Gasteiger partial charge in [-0.2, -0.15) is 0 Å². The summed E-state index contributed by atoms with van der Waals surface area (Å²) >= 11 is 0. The maximum Gasteiger partial charge on any atom is 0.0509 e. The third-order valence-electron chi connectivity index (χ3n) is 5.25. The predicted molar refractivity (Wildman–Crippen MR) is 75.8 cm³/mol. The van der Waals surface area contributed by atoms with Crippen LogP contribution in [0.4, 0.5) is 0 Å². The molecule has 2 aliphatic rings. The van der Waals surface area contributed by atoms with Gasteiger partial charge in [0.2, 0.25) is 0 Å².